The molecule has 0 fully saturated rings. The second kappa shape index (κ2) is 6.00. The zero-order chi connectivity index (χ0) is 12.9. The van der Waals surface area contributed by atoms with Gasteiger partial charge in [-0.25, -0.2) is 12.8 Å². The first-order valence-electron chi connectivity index (χ1n) is 5.54. The topological polar surface area (TPSA) is 43.4 Å². The van der Waals surface area contributed by atoms with Crippen molar-refractivity contribution >= 4 is 9.84 Å². The molecule has 0 saturated carbocycles. The Morgan fingerprint density at radius 3 is 2.65 bits per heavy atom. The van der Waals surface area contributed by atoms with Crippen molar-refractivity contribution in [3.05, 3.63) is 29.6 Å². The van der Waals surface area contributed by atoms with Crippen LogP contribution in [-0.4, -0.2) is 26.5 Å². The molecule has 5 heteroatoms. The Morgan fingerprint density at radius 1 is 1.29 bits per heavy atom. The van der Waals surface area contributed by atoms with Gasteiger partial charge >= 0.3 is 0 Å². The van der Waals surface area contributed by atoms with Crippen LogP contribution in [0.1, 0.15) is 18.9 Å². The fraction of sp³-hybridized carbons (Fsp3) is 0.500. The summed E-state index contributed by atoms with van der Waals surface area (Å²) in [6.07, 6.45) is 0.599. The van der Waals surface area contributed by atoms with Gasteiger partial charge in [0.1, 0.15) is 18.2 Å². The summed E-state index contributed by atoms with van der Waals surface area (Å²) >= 11 is 0. The number of sulfone groups is 1. The second-order valence-electron chi connectivity index (χ2n) is 3.91. The van der Waals surface area contributed by atoms with Crippen LogP contribution in [0.15, 0.2) is 18.2 Å². The van der Waals surface area contributed by atoms with E-state index >= 15 is 0 Å². The first-order chi connectivity index (χ1) is 7.94. The zero-order valence-corrected chi connectivity index (χ0v) is 10.9. The molecule has 0 amide bonds. The lowest BCUT2D eigenvalue weighted by Gasteiger charge is -2.09. The molecule has 1 rings (SSSR count). The van der Waals surface area contributed by atoms with Gasteiger partial charge in [0, 0.05) is 6.07 Å². The minimum Gasteiger partial charge on any atom is -0.492 e. The van der Waals surface area contributed by atoms with Crippen molar-refractivity contribution in [3.8, 4) is 5.75 Å². The highest BCUT2D eigenvalue weighted by molar-refractivity contribution is 7.91. The summed E-state index contributed by atoms with van der Waals surface area (Å²) < 4.78 is 41.0. The number of hydrogen-bond donors (Lipinski definition) is 0. The van der Waals surface area contributed by atoms with Crippen LogP contribution in [0.4, 0.5) is 4.39 Å². The predicted octanol–water partition coefficient (Wildman–Crippen LogP) is 2.34. The van der Waals surface area contributed by atoms with Crippen molar-refractivity contribution < 1.29 is 17.5 Å². The van der Waals surface area contributed by atoms with E-state index in [0.717, 1.165) is 5.56 Å². The van der Waals surface area contributed by atoms with Gasteiger partial charge in [0.2, 0.25) is 0 Å². The molecule has 0 bridgehead atoms. The number of ether oxygens (including phenoxy) is 1. The second-order valence-corrected chi connectivity index (χ2v) is 6.21. The fourth-order valence-electron chi connectivity index (χ4n) is 1.42. The van der Waals surface area contributed by atoms with Crippen molar-refractivity contribution in [1.29, 1.82) is 0 Å². The third-order valence-corrected chi connectivity index (χ3v) is 4.14. The highest BCUT2D eigenvalue weighted by Crippen LogP contribution is 2.18. The lowest BCUT2D eigenvalue weighted by molar-refractivity contribution is 0.336. The largest absolute Gasteiger partial charge is 0.492 e. The van der Waals surface area contributed by atoms with E-state index in [1.54, 1.807) is 13.0 Å². The SMILES string of the molecule is CCCS(=O)(=O)CCOc1cc(F)ccc1C. The minimum absolute atomic E-state index is 0.0310. The number of aryl methyl sites for hydroxylation is 1. The average Bonchev–Trinajstić information content (AvgIpc) is 2.23. The van der Waals surface area contributed by atoms with Gasteiger partial charge < -0.3 is 4.74 Å². The molecular formula is C12H17FO3S. The maximum absolute atomic E-state index is 12.9. The van der Waals surface area contributed by atoms with E-state index in [1.807, 2.05) is 6.92 Å². The molecule has 0 aliphatic rings. The highest BCUT2D eigenvalue weighted by atomic mass is 32.2. The molecule has 1 aromatic carbocycles. The van der Waals surface area contributed by atoms with Crippen LogP contribution in [0, 0.1) is 12.7 Å². The number of hydrogen-bond acceptors (Lipinski definition) is 3. The summed E-state index contributed by atoms with van der Waals surface area (Å²) in [5, 5.41) is 0. The molecule has 0 unspecified atom stereocenters. The molecular weight excluding hydrogens is 243 g/mol. The molecule has 96 valence electrons. The van der Waals surface area contributed by atoms with Crippen LogP contribution >= 0.6 is 0 Å². The summed E-state index contributed by atoms with van der Waals surface area (Å²) in [4.78, 5) is 0. The Morgan fingerprint density at radius 2 is 2.00 bits per heavy atom. The molecule has 0 atom stereocenters. The normalized spacial score (nSPS) is 11.5. The van der Waals surface area contributed by atoms with Crippen molar-refractivity contribution in [2.45, 2.75) is 20.3 Å². The summed E-state index contributed by atoms with van der Waals surface area (Å²) in [6.45, 7) is 3.66. The van der Waals surface area contributed by atoms with E-state index in [0.29, 0.717) is 12.2 Å². The average molecular weight is 260 g/mol. The van der Waals surface area contributed by atoms with Crippen LogP contribution in [0.2, 0.25) is 0 Å². The Hall–Kier alpha value is -1.10. The standard InChI is InChI=1S/C12H17FO3S/c1-3-7-17(14,15)8-6-16-12-9-11(13)5-4-10(12)2/h4-5,9H,3,6-8H2,1-2H3. The smallest absolute Gasteiger partial charge is 0.153 e. The maximum Gasteiger partial charge on any atom is 0.153 e. The van der Waals surface area contributed by atoms with Gasteiger partial charge in [-0.1, -0.05) is 13.0 Å². The van der Waals surface area contributed by atoms with Crippen molar-refractivity contribution in [1.82, 2.24) is 0 Å². The van der Waals surface area contributed by atoms with Gasteiger partial charge in [-0.05, 0) is 25.0 Å². The third-order valence-electron chi connectivity index (χ3n) is 2.32. The summed E-state index contributed by atoms with van der Waals surface area (Å²) in [7, 11) is -3.04. The fourth-order valence-corrected chi connectivity index (χ4v) is 2.58. The maximum atomic E-state index is 12.9. The molecule has 0 N–H and O–H groups in total. The minimum atomic E-state index is -3.04. The summed E-state index contributed by atoms with van der Waals surface area (Å²) in [6, 6.07) is 4.21. The van der Waals surface area contributed by atoms with Crippen molar-refractivity contribution in [2.75, 3.05) is 18.1 Å². The third kappa shape index (κ3) is 4.73. The number of benzene rings is 1. The lowest BCUT2D eigenvalue weighted by Crippen LogP contribution is -2.17. The molecule has 0 saturated heterocycles. The van der Waals surface area contributed by atoms with Crippen molar-refractivity contribution in [3.63, 3.8) is 0 Å². The molecule has 0 aliphatic carbocycles. The van der Waals surface area contributed by atoms with E-state index in [9.17, 15) is 12.8 Å². The molecule has 17 heavy (non-hydrogen) atoms. The quantitative estimate of drug-likeness (QED) is 0.788. The van der Waals surface area contributed by atoms with Crippen LogP contribution in [0.3, 0.4) is 0 Å². The Bertz CT molecular complexity index is 469. The number of rotatable bonds is 6. The molecule has 0 radical (unpaired) electrons. The van der Waals surface area contributed by atoms with Crippen LogP contribution in [0.25, 0.3) is 0 Å². The van der Waals surface area contributed by atoms with Crippen LogP contribution in [0.5, 0.6) is 5.75 Å². The van der Waals surface area contributed by atoms with Crippen molar-refractivity contribution in [2.24, 2.45) is 0 Å². The molecule has 1 aromatic rings. The first kappa shape index (κ1) is 14.0. The van der Waals surface area contributed by atoms with Gasteiger partial charge in [-0.15, -0.1) is 0 Å². The summed E-state index contributed by atoms with van der Waals surface area (Å²) in [5.74, 6) is 0.147. The van der Waals surface area contributed by atoms with E-state index in [4.69, 9.17) is 4.74 Å². The molecule has 0 aromatic heterocycles. The Balaban J connectivity index is 2.54. The van der Waals surface area contributed by atoms with Crippen LogP contribution < -0.4 is 4.74 Å². The van der Waals surface area contributed by atoms with Gasteiger partial charge in [-0.2, -0.15) is 0 Å². The monoisotopic (exact) mass is 260 g/mol. The highest BCUT2D eigenvalue weighted by Gasteiger charge is 2.10. The Labute approximate surface area is 102 Å². The van der Waals surface area contributed by atoms with Gasteiger partial charge in [-0.3, -0.25) is 0 Å². The predicted molar refractivity (Wildman–Crippen MR) is 65.6 cm³/mol. The molecule has 0 heterocycles. The molecule has 3 nitrogen and oxygen atoms in total. The van der Waals surface area contributed by atoms with Crippen LogP contribution in [-0.2, 0) is 9.84 Å². The zero-order valence-electron chi connectivity index (χ0n) is 10.1. The number of halogens is 1. The first-order valence-corrected chi connectivity index (χ1v) is 7.36. The molecule has 0 aliphatic heterocycles. The van der Waals surface area contributed by atoms with E-state index in [-0.39, 0.29) is 23.9 Å². The Kier molecular flexibility index (Phi) is 4.93. The van der Waals surface area contributed by atoms with E-state index in [2.05, 4.69) is 0 Å². The van der Waals surface area contributed by atoms with E-state index < -0.39 is 9.84 Å². The van der Waals surface area contributed by atoms with Gasteiger partial charge in [0.15, 0.2) is 9.84 Å². The summed E-state index contributed by atoms with van der Waals surface area (Å²) in [5.41, 5.74) is 0.791. The van der Waals surface area contributed by atoms with Gasteiger partial charge in [0.25, 0.3) is 0 Å². The molecule has 0 spiro atoms. The van der Waals surface area contributed by atoms with Gasteiger partial charge in [0.05, 0.1) is 11.5 Å². The lowest BCUT2D eigenvalue weighted by atomic mass is 10.2. The van der Waals surface area contributed by atoms with E-state index in [1.165, 1.54) is 12.1 Å².